The lowest BCUT2D eigenvalue weighted by Crippen LogP contribution is -2.60. The Bertz CT molecular complexity index is 289. The first-order chi connectivity index (χ1) is 6.64. The van der Waals surface area contributed by atoms with Gasteiger partial charge in [0.25, 0.3) is 0 Å². The summed E-state index contributed by atoms with van der Waals surface area (Å²) in [6, 6.07) is 0.218. The van der Waals surface area contributed by atoms with E-state index in [1.165, 1.54) is 0 Å². The van der Waals surface area contributed by atoms with Gasteiger partial charge in [-0.05, 0) is 6.20 Å². The molecule has 0 saturated heterocycles. The highest BCUT2D eigenvalue weighted by molar-refractivity contribution is 6.78. The summed E-state index contributed by atoms with van der Waals surface area (Å²) in [5, 5.41) is 0. The van der Waals surface area contributed by atoms with Gasteiger partial charge in [-0.2, -0.15) is 0 Å². The molecule has 1 heterocycles. The van der Waals surface area contributed by atoms with E-state index in [0.29, 0.717) is 0 Å². The molecule has 15 heavy (non-hydrogen) atoms. The van der Waals surface area contributed by atoms with Crippen molar-refractivity contribution in [3.8, 4) is 0 Å². The third-order valence-electron chi connectivity index (χ3n) is 2.51. The van der Waals surface area contributed by atoms with E-state index in [1.807, 2.05) is 10.8 Å². The summed E-state index contributed by atoms with van der Waals surface area (Å²) in [5.41, 5.74) is 0. The van der Waals surface area contributed by atoms with Crippen molar-refractivity contribution in [2.24, 2.45) is 0 Å². The van der Waals surface area contributed by atoms with Gasteiger partial charge in [0.2, 0.25) is 0 Å². The summed E-state index contributed by atoms with van der Waals surface area (Å²) < 4.78 is 4.03. The summed E-state index contributed by atoms with van der Waals surface area (Å²) in [4.78, 5) is 12.3. The predicted octanol–water partition coefficient (Wildman–Crippen LogP) is 2.91. The van der Waals surface area contributed by atoms with Crippen molar-refractivity contribution in [3.05, 3.63) is 12.3 Å². The molecule has 1 rings (SSSR count). The van der Waals surface area contributed by atoms with E-state index >= 15 is 0 Å². The highest BCUT2D eigenvalue weighted by Crippen LogP contribution is 2.21. The van der Waals surface area contributed by atoms with E-state index in [9.17, 15) is 4.79 Å². The van der Waals surface area contributed by atoms with Crippen LogP contribution in [-0.2, 0) is 0 Å². The van der Waals surface area contributed by atoms with Crippen LogP contribution in [0.25, 0.3) is 0 Å². The maximum absolute atomic E-state index is 12.3. The van der Waals surface area contributed by atoms with Gasteiger partial charge in [0.1, 0.15) is 0 Å². The van der Waals surface area contributed by atoms with Crippen LogP contribution in [0, 0.1) is 0 Å². The van der Waals surface area contributed by atoms with Crippen LogP contribution in [0.5, 0.6) is 0 Å². The minimum atomic E-state index is -1.56. The first kappa shape index (κ1) is 12.5. The number of carbonyl (C=O) groups excluding carboxylic acids is 1. The third kappa shape index (κ3) is 2.72. The number of amides is 2. The van der Waals surface area contributed by atoms with Crippen LogP contribution in [-0.4, -0.2) is 38.2 Å². The normalized spacial score (nSPS) is 18.7. The average Bonchev–Trinajstić information content (AvgIpc) is 1.99. The van der Waals surface area contributed by atoms with E-state index in [0.717, 1.165) is 6.54 Å². The molecule has 1 aliphatic heterocycles. The van der Waals surface area contributed by atoms with Crippen LogP contribution in [0.15, 0.2) is 12.3 Å². The van der Waals surface area contributed by atoms with Crippen LogP contribution in [0.4, 0.5) is 4.79 Å². The molecule has 1 aliphatic rings. The standard InChI is InChI=1S/C10H22N2OSi2/c1-14(2,3)11-8-7-9-12(10(11)13)15(4,5)6/h7-8H,9H2,1-6H3. The summed E-state index contributed by atoms with van der Waals surface area (Å²) >= 11 is 0. The quantitative estimate of drug-likeness (QED) is 0.683. The molecule has 0 N–H and O–H groups in total. The fourth-order valence-electron chi connectivity index (χ4n) is 1.60. The van der Waals surface area contributed by atoms with Crippen molar-refractivity contribution >= 4 is 22.5 Å². The Morgan fingerprint density at radius 3 is 2.00 bits per heavy atom. The zero-order chi connectivity index (χ0) is 11.9. The largest absolute Gasteiger partial charge is 0.349 e. The lowest BCUT2D eigenvalue weighted by Gasteiger charge is -2.43. The van der Waals surface area contributed by atoms with Crippen LogP contribution < -0.4 is 0 Å². The second kappa shape index (κ2) is 3.79. The minimum absolute atomic E-state index is 0.218. The first-order valence-electron chi connectivity index (χ1n) is 5.41. The molecule has 0 aromatic carbocycles. The van der Waals surface area contributed by atoms with E-state index in [4.69, 9.17) is 0 Å². The fraction of sp³-hybridized carbons (Fsp3) is 0.700. The zero-order valence-corrected chi connectivity index (χ0v) is 12.7. The SMILES string of the molecule is C[Si](C)(C)N1C=CCN([Si](C)(C)C)C1=O. The van der Waals surface area contributed by atoms with Gasteiger partial charge < -0.3 is 9.13 Å². The molecule has 2 amide bonds. The molecule has 0 fully saturated rings. The number of hydrogen-bond acceptors (Lipinski definition) is 1. The van der Waals surface area contributed by atoms with Crippen LogP contribution in [0.3, 0.4) is 0 Å². The van der Waals surface area contributed by atoms with Gasteiger partial charge in [-0.25, -0.2) is 4.79 Å². The molecule has 0 aromatic heterocycles. The molecule has 3 nitrogen and oxygen atoms in total. The summed E-state index contributed by atoms with van der Waals surface area (Å²) in [6.07, 6.45) is 4.09. The van der Waals surface area contributed by atoms with E-state index < -0.39 is 16.5 Å². The molecule has 86 valence electrons. The molecule has 0 radical (unpaired) electrons. The molecule has 0 aromatic rings. The number of rotatable bonds is 2. The van der Waals surface area contributed by atoms with Crippen LogP contribution in [0.1, 0.15) is 0 Å². The van der Waals surface area contributed by atoms with Gasteiger partial charge in [0.05, 0.1) is 0 Å². The summed E-state index contributed by atoms with van der Waals surface area (Å²) in [6.45, 7) is 14.0. The Kier molecular flexibility index (Phi) is 3.16. The summed E-state index contributed by atoms with van der Waals surface area (Å²) in [5.74, 6) is 0. The Balaban J connectivity index is 2.95. The van der Waals surface area contributed by atoms with Gasteiger partial charge in [0, 0.05) is 6.54 Å². The van der Waals surface area contributed by atoms with Gasteiger partial charge in [-0.3, -0.25) is 0 Å². The van der Waals surface area contributed by atoms with E-state index in [1.54, 1.807) is 0 Å². The smallest absolute Gasteiger partial charge is 0.308 e. The molecule has 0 saturated carbocycles. The number of urea groups is 1. The van der Waals surface area contributed by atoms with Crippen LogP contribution >= 0.6 is 0 Å². The summed E-state index contributed by atoms with van der Waals surface area (Å²) in [7, 11) is -3.09. The molecule has 5 heteroatoms. The third-order valence-corrected chi connectivity index (χ3v) is 6.29. The van der Waals surface area contributed by atoms with Gasteiger partial charge in [-0.1, -0.05) is 45.4 Å². The zero-order valence-electron chi connectivity index (χ0n) is 10.7. The Morgan fingerprint density at radius 1 is 1.07 bits per heavy atom. The van der Waals surface area contributed by atoms with Gasteiger partial charge in [0.15, 0.2) is 16.5 Å². The Labute approximate surface area is 94.9 Å². The number of hydrogen-bond donors (Lipinski definition) is 0. The minimum Gasteiger partial charge on any atom is -0.349 e. The molecular formula is C10H22N2OSi2. The lowest BCUT2D eigenvalue weighted by atomic mass is 10.5. The van der Waals surface area contributed by atoms with Crippen molar-refractivity contribution in [1.82, 2.24) is 9.13 Å². The Hall–Kier alpha value is -0.556. The second-order valence-corrected chi connectivity index (χ2v) is 15.7. The van der Waals surface area contributed by atoms with Gasteiger partial charge >= 0.3 is 6.03 Å². The molecule has 0 spiro atoms. The first-order valence-corrected chi connectivity index (χ1v) is 12.3. The highest BCUT2D eigenvalue weighted by Gasteiger charge is 2.37. The average molecular weight is 242 g/mol. The van der Waals surface area contributed by atoms with E-state index in [2.05, 4.69) is 49.9 Å². The topological polar surface area (TPSA) is 23.6 Å². The van der Waals surface area contributed by atoms with Crippen molar-refractivity contribution < 1.29 is 4.79 Å². The Morgan fingerprint density at radius 2 is 1.60 bits per heavy atom. The van der Waals surface area contributed by atoms with Gasteiger partial charge in [-0.15, -0.1) is 0 Å². The molecular weight excluding hydrogens is 220 g/mol. The number of carbonyl (C=O) groups is 1. The van der Waals surface area contributed by atoms with Crippen molar-refractivity contribution in [3.63, 3.8) is 0 Å². The molecule has 0 bridgehead atoms. The molecule has 0 atom stereocenters. The lowest BCUT2D eigenvalue weighted by molar-refractivity contribution is 0.209. The highest BCUT2D eigenvalue weighted by atomic mass is 28.3. The fourth-order valence-corrected chi connectivity index (χ4v) is 4.28. The molecule has 0 aliphatic carbocycles. The molecule has 0 unspecified atom stereocenters. The van der Waals surface area contributed by atoms with Crippen LogP contribution in [0.2, 0.25) is 39.3 Å². The second-order valence-electron chi connectivity index (χ2n) is 5.99. The van der Waals surface area contributed by atoms with Crippen molar-refractivity contribution in [2.45, 2.75) is 39.3 Å². The monoisotopic (exact) mass is 242 g/mol. The maximum Gasteiger partial charge on any atom is 0.308 e. The van der Waals surface area contributed by atoms with Crippen molar-refractivity contribution in [1.29, 1.82) is 0 Å². The maximum atomic E-state index is 12.3. The van der Waals surface area contributed by atoms with E-state index in [-0.39, 0.29) is 6.03 Å². The number of nitrogens with zero attached hydrogens (tertiary/aromatic N) is 2. The predicted molar refractivity (Wildman–Crippen MR) is 69.8 cm³/mol. The van der Waals surface area contributed by atoms with Crippen molar-refractivity contribution in [2.75, 3.05) is 6.54 Å².